The number of nitrogens with two attached hydrogens (primary N) is 1. The molecule has 0 heterocycles. The molecule has 0 amide bonds. The maximum Gasteiger partial charge on any atom is 0.135 e. The Morgan fingerprint density at radius 1 is 1.17 bits per heavy atom. The van der Waals surface area contributed by atoms with Gasteiger partial charge in [0.2, 0.25) is 0 Å². The average Bonchev–Trinajstić information content (AvgIpc) is 2.37. The molecule has 0 radical (unpaired) electrons. The molecule has 2 heteroatoms. The first-order chi connectivity index (χ1) is 8.72. The first-order valence-electron chi connectivity index (χ1n) is 6.09. The van der Waals surface area contributed by atoms with Crippen LogP contribution in [0.5, 0.6) is 5.75 Å². The summed E-state index contributed by atoms with van der Waals surface area (Å²) >= 11 is 0. The number of rotatable bonds is 2. The summed E-state index contributed by atoms with van der Waals surface area (Å²) in [7, 11) is 0. The number of hydrogen-bond acceptors (Lipinski definition) is 2. The molecule has 2 aromatic rings. The highest BCUT2D eigenvalue weighted by atomic mass is 16.5. The Labute approximate surface area is 108 Å². The van der Waals surface area contributed by atoms with Crippen molar-refractivity contribution in [2.45, 2.75) is 20.0 Å². The minimum absolute atomic E-state index is 0.129. The highest BCUT2D eigenvalue weighted by Gasteiger charge is 2.07. The molecule has 0 aliphatic carbocycles. The van der Waals surface area contributed by atoms with Crippen molar-refractivity contribution < 1.29 is 4.74 Å². The molecule has 0 spiro atoms. The normalized spacial score (nSPS) is 10.2. The van der Waals surface area contributed by atoms with Gasteiger partial charge in [0, 0.05) is 5.39 Å². The molecule has 0 aromatic heterocycles. The van der Waals surface area contributed by atoms with Crippen molar-refractivity contribution in [3.63, 3.8) is 0 Å². The number of benzene rings is 2. The van der Waals surface area contributed by atoms with Gasteiger partial charge in [-0.25, -0.2) is 0 Å². The van der Waals surface area contributed by atoms with Crippen molar-refractivity contribution in [2.24, 2.45) is 5.73 Å². The molecule has 0 aliphatic heterocycles. The Balaban J connectivity index is 2.63. The van der Waals surface area contributed by atoms with Gasteiger partial charge in [-0.15, -0.1) is 0 Å². The second-order valence-corrected chi connectivity index (χ2v) is 4.33. The van der Waals surface area contributed by atoms with E-state index in [4.69, 9.17) is 10.5 Å². The van der Waals surface area contributed by atoms with Gasteiger partial charge in [0.1, 0.15) is 5.75 Å². The van der Waals surface area contributed by atoms with Crippen LogP contribution in [0, 0.1) is 11.8 Å². The molecule has 2 nitrogen and oxygen atoms in total. The van der Waals surface area contributed by atoms with Crippen LogP contribution >= 0.6 is 0 Å². The second kappa shape index (κ2) is 5.57. The topological polar surface area (TPSA) is 35.2 Å². The molecule has 92 valence electrons. The predicted molar refractivity (Wildman–Crippen MR) is 75.6 cm³/mol. The smallest absolute Gasteiger partial charge is 0.135 e. The summed E-state index contributed by atoms with van der Waals surface area (Å²) in [6.45, 7) is 4.37. The van der Waals surface area contributed by atoms with E-state index in [2.05, 4.69) is 30.0 Å². The molecule has 0 bridgehead atoms. The van der Waals surface area contributed by atoms with Crippen LogP contribution in [0.15, 0.2) is 36.4 Å². The third-order valence-corrected chi connectivity index (χ3v) is 2.57. The zero-order valence-electron chi connectivity index (χ0n) is 10.7. The predicted octanol–water partition coefficient (Wildman–Crippen LogP) is 2.94. The summed E-state index contributed by atoms with van der Waals surface area (Å²) in [5.74, 6) is 6.85. The van der Waals surface area contributed by atoms with Crippen LogP contribution < -0.4 is 10.5 Å². The van der Waals surface area contributed by atoms with Gasteiger partial charge in [0.25, 0.3) is 0 Å². The van der Waals surface area contributed by atoms with Crippen LogP contribution in [-0.2, 0) is 0 Å². The molecule has 0 unspecified atom stereocenters. The highest BCUT2D eigenvalue weighted by Crippen LogP contribution is 2.28. The second-order valence-electron chi connectivity index (χ2n) is 4.33. The van der Waals surface area contributed by atoms with Gasteiger partial charge < -0.3 is 10.5 Å². The van der Waals surface area contributed by atoms with Crippen LogP contribution in [0.25, 0.3) is 10.8 Å². The van der Waals surface area contributed by atoms with Crippen LogP contribution in [0.4, 0.5) is 0 Å². The van der Waals surface area contributed by atoms with Gasteiger partial charge in [-0.3, -0.25) is 0 Å². The third kappa shape index (κ3) is 2.64. The van der Waals surface area contributed by atoms with E-state index in [1.54, 1.807) is 0 Å². The lowest BCUT2D eigenvalue weighted by Gasteiger charge is -2.13. The molecule has 0 saturated carbocycles. The average molecular weight is 239 g/mol. The van der Waals surface area contributed by atoms with Crippen molar-refractivity contribution in [1.29, 1.82) is 0 Å². The molecule has 0 fully saturated rings. The Kier molecular flexibility index (Phi) is 3.86. The Hall–Kier alpha value is -1.98. The summed E-state index contributed by atoms with van der Waals surface area (Å²) in [5.41, 5.74) is 6.38. The van der Waals surface area contributed by atoms with Crippen molar-refractivity contribution in [2.75, 3.05) is 6.54 Å². The van der Waals surface area contributed by atoms with Crippen molar-refractivity contribution in [1.82, 2.24) is 0 Å². The van der Waals surface area contributed by atoms with Gasteiger partial charge >= 0.3 is 0 Å². The lowest BCUT2D eigenvalue weighted by Crippen LogP contribution is -2.07. The van der Waals surface area contributed by atoms with Gasteiger partial charge in [0.05, 0.1) is 18.2 Å². The Morgan fingerprint density at radius 2 is 1.94 bits per heavy atom. The molecule has 18 heavy (non-hydrogen) atoms. The van der Waals surface area contributed by atoms with E-state index in [9.17, 15) is 0 Å². The van der Waals surface area contributed by atoms with E-state index in [0.717, 1.165) is 22.1 Å². The van der Waals surface area contributed by atoms with Gasteiger partial charge in [-0.05, 0) is 25.3 Å². The molecule has 2 N–H and O–H groups in total. The minimum atomic E-state index is 0.129. The molecular formula is C16H17NO. The van der Waals surface area contributed by atoms with Crippen molar-refractivity contribution in [3.8, 4) is 17.6 Å². The van der Waals surface area contributed by atoms with Gasteiger partial charge in [0.15, 0.2) is 0 Å². The van der Waals surface area contributed by atoms with E-state index >= 15 is 0 Å². The Morgan fingerprint density at radius 3 is 2.67 bits per heavy atom. The van der Waals surface area contributed by atoms with E-state index < -0.39 is 0 Å². The van der Waals surface area contributed by atoms with Gasteiger partial charge in [-0.2, -0.15) is 0 Å². The molecule has 2 rings (SSSR count). The van der Waals surface area contributed by atoms with Crippen LogP contribution in [0.3, 0.4) is 0 Å². The maximum absolute atomic E-state index is 5.81. The van der Waals surface area contributed by atoms with Crippen LogP contribution in [-0.4, -0.2) is 12.6 Å². The molecule has 0 aliphatic rings. The number of hydrogen-bond donors (Lipinski definition) is 1. The summed E-state index contributed by atoms with van der Waals surface area (Å²) < 4.78 is 5.81. The summed E-state index contributed by atoms with van der Waals surface area (Å²) in [4.78, 5) is 0. The fourth-order valence-corrected chi connectivity index (χ4v) is 1.87. The summed E-state index contributed by atoms with van der Waals surface area (Å²) in [6, 6.07) is 12.2. The molecular weight excluding hydrogens is 222 g/mol. The summed E-state index contributed by atoms with van der Waals surface area (Å²) in [5, 5.41) is 2.27. The maximum atomic E-state index is 5.81. The SMILES string of the molecule is CC(C)Oc1ccc2ccccc2c1C#CCN. The van der Waals surface area contributed by atoms with Crippen LogP contribution in [0.2, 0.25) is 0 Å². The number of fused-ring (bicyclic) bond motifs is 1. The largest absolute Gasteiger partial charge is 0.490 e. The van der Waals surface area contributed by atoms with E-state index in [-0.39, 0.29) is 6.10 Å². The lowest BCUT2D eigenvalue weighted by atomic mass is 10.0. The van der Waals surface area contributed by atoms with Crippen LogP contribution in [0.1, 0.15) is 19.4 Å². The molecule has 0 saturated heterocycles. The standard InChI is InChI=1S/C16H17NO/c1-12(2)18-16-10-9-13-6-3-4-7-14(13)15(16)8-5-11-17/h3-4,6-7,9-10,12H,11,17H2,1-2H3. The fraction of sp³-hybridized carbons (Fsp3) is 0.250. The Bertz CT molecular complexity index is 605. The first kappa shape index (κ1) is 12.5. The third-order valence-electron chi connectivity index (χ3n) is 2.57. The number of ether oxygens (including phenoxy) is 1. The van der Waals surface area contributed by atoms with Crippen molar-refractivity contribution >= 4 is 10.8 Å². The van der Waals surface area contributed by atoms with E-state index in [0.29, 0.717) is 6.54 Å². The lowest BCUT2D eigenvalue weighted by molar-refractivity contribution is 0.242. The zero-order chi connectivity index (χ0) is 13.0. The fourth-order valence-electron chi connectivity index (χ4n) is 1.87. The first-order valence-corrected chi connectivity index (χ1v) is 6.09. The monoisotopic (exact) mass is 239 g/mol. The molecule has 0 atom stereocenters. The van der Waals surface area contributed by atoms with E-state index in [1.807, 2.05) is 32.0 Å². The zero-order valence-corrected chi connectivity index (χ0v) is 10.7. The highest BCUT2D eigenvalue weighted by molar-refractivity contribution is 5.90. The van der Waals surface area contributed by atoms with E-state index in [1.165, 1.54) is 0 Å². The molecule has 2 aromatic carbocycles. The summed E-state index contributed by atoms with van der Waals surface area (Å²) in [6.07, 6.45) is 0.129. The minimum Gasteiger partial charge on any atom is -0.490 e. The van der Waals surface area contributed by atoms with Gasteiger partial charge in [-0.1, -0.05) is 42.2 Å². The quantitative estimate of drug-likeness (QED) is 0.818. The van der Waals surface area contributed by atoms with Crippen molar-refractivity contribution in [3.05, 3.63) is 42.0 Å².